The normalized spacial score (nSPS) is 32.6. The van der Waals surface area contributed by atoms with Crippen LogP contribution in [0.5, 0.6) is 0 Å². The molecule has 2 rings (SSSR count). The second-order valence-corrected chi connectivity index (χ2v) is 6.76. The minimum atomic E-state index is -0.154. The average Bonchev–Trinajstić information content (AvgIpc) is 2.65. The van der Waals surface area contributed by atoms with Crippen molar-refractivity contribution in [3.8, 4) is 0 Å². The minimum absolute atomic E-state index is 0.0474. The number of amides is 2. The van der Waals surface area contributed by atoms with E-state index >= 15 is 0 Å². The van der Waals surface area contributed by atoms with Gasteiger partial charge in [-0.05, 0) is 37.5 Å². The Morgan fingerprint density at radius 3 is 2.55 bits per heavy atom. The smallest absolute Gasteiger partial charge is 0.246 e. The fourth-order valence-corrected chi connectivity index (χ4v) is 3.52. The summed E-state index contributed by atoms with van der Waals surface area (Å²) in [5.74, 6) is 1.49. The molecule has 1 saturated carbocycles. The molecular weight excluding hydrogens is 252 g/mol. The average molecular weight is 280 g/mol. The van der Waals surface area contributed by atoms with Crippen LogP contribution in [-0.4, -0.2) is 35.8 Å². The first-order chi connectivity index (χ1) is 9.49. The van der Waals surface area contributed by atoms with Gasteiger partial charge in [0.15, 0.2) is 0 Å². The van der Waals surface area contributed by atoms with Gasteiger partial charge in [0, 0.05) is 19.5 Å². The molecule has 1 heterocycles. The van der Waals surface area contributed by atoms with E-state index in [1.807, 2.05) is 0 Å². The Morgan fingerprint density at radius 1 is 1.10 bits per heavy atom. The van der Waals surface area contributed by atoms with Crippen LogP contribution in [0.15, 0.2) is 0 Å². The number of likely N-dealkylation sites (N-methyl/N-ethyl adjacent to an activating group) is 1. The molecule has 0 radical (unpaired) electrons. The van der Waals surface area contributed by atoms with Gasteiger partial charge in [-0.15, -0.1) is 0 Å². The Labute approximate surface area is 122 Å². The quantitative estimate of drug-likeness (QED) is 0.637. The molecule has 0 aromatic carbocycles. The van der Waals surface area contributed by atoms with Crippen LogP contribution in [0.2, 0.25) is 0 Å². The maximum absolute atomic E-state index is 12.1. The zero-order valence-corrected chi connectivity index (χ0v) is 13.0. The largest absolute Gasteiger partial charge is 0.303 e. The van der Waals surface area contributed by atoms with Crippen molar-refractivity contribution in [2.75, 3.05) is 7.05 Å². The monoisotopic (exact) mass is 280 g/mol. The van der Waals surface area contributed by atoms with E-state index in [9.17, 15) is 9.59 Å². The molecule has 3 atom stereocenters. The predicted octanol–water partition coefficient (Wildman–Crippen LogP) is 2.33. The molecule has 3 unspecified atom stereocenters. The van der Waals surface area contributed by atoms with Crippen molar-refractivity contribution in [1.29, 1.82) is 0 Å². The van der Waals surface area contributed by atoms with Gasteiger partial charge < -0.3 is 5.32 Å². The van der Waals surface area contributed by atoms with E-state index in [-0.39, 0.29) is 17.9 Å². The summed E-state index contributed by atoms with van der Waals surface area (Å²) in [6, 6.07) is 0.285. The van der Waals surface area contributed by atoms with Gasteiger partial charge in [0.2, 0.25) is 11.8 Å². The lowest BCUT2D eigenvalue weighted by Gasteiger charge is -2.31. The van der Waals surface area contributed by atoms with Crippen LogP contribution < -0.4 is 5.32 Å². The van der Waals surface area contributed by atoms with Crippen molar-refractivity contribution in [3.63, 3.8) is 0 Å². The third kappa shape index (κ3) is 3.60. The summed E-state index contributed by atoms with van der Waals surface area (Å²) in [7, 11) is 1.60. The van der Waals surface area contributed by atoms with E-state index in [4.69, 9.17) is 0 Å². The lowest BCUT2D eigenvalue weighted by molar-refractivity contribution is -0.148. The number of carbonyl (C=O) groups is 2. The lowest BCUT2D eigenvalue weighted by Crippen LogP contribution is -2.53. The molecule has 2 amide bonds. The molecule has 1 saturated heterocycles. The first kappa shape index (κ1) is 15.5. The zero-order valence-electron chi connectivity index (χ0n) is 13.0. The molecule has 4 heteroatoms. The topological polar surface area (TPSA) is 49.4 Å². The summed E-state index contributed by atoms with van der Waals surface area (Å²) in [6.45, 7) is 4.62. The molecule has 0 aromatic rings. The maximum atomic E-state index is 12.1. The number of rotatable bonds is 3. The third-order valence-electron chi connectivity index (χ3n) is 5.04. The first-order valence-electron chi connectivity index (χ1n) is 8.05. The Morgan fingerprint density at radius 2 is 1.85 bits per heavy atom. The molecule has 1 aliphatic carbocycles. The van der Waals surface area contributed by atoms with Crippen LogP contribution in [0.3, 0.4) is 0 Å². The van der Waals surface area contributed by atoms with Crippen molar-refractivity contribution < 1.29 is 9.59 Å². The fraction of sp³-hybridized carbons (Fsp3) is 0.875. The second kappa shape index (κ2) is 6.70. The Balaban J connectivity index is 1.87. The van der Waals surface area contributed by atoms with E-state index in [1.54, 1.807) is 7.05 Å². The first-order valence-corrected chi connectivity index (χ1v) is 8.05. The second-order valence-electron chi connectivity index (χ2n) is 6.76. The van der Waals surface area contributed by atoms with Crippen LogP contribution in [0.4, 0.5) is 0 Å². The van der Waals surface area contributed by atoms with Gasteiger partial charge in [0.25, 0.3) is 0 Å². The van der Waals surface area contributed by atoms with Crippen LogP contribution in [-0.2, 0) is 9.59 Å². The van der Waals surface area contributed by atoms with Gasteiger partial charge in [0.05, 0.1) is 6.04 Å². The van der Waals surface area contributed by atoms with Gasteiger partial charge in [0.1, 0.15) is 0 Å². The predicted molar refractivity (Wildman–Crippen MR) is 79.1 cm³/mol. The number of hydrogen-bond donors (Lipinski definition) is 1. The standard InChI is InChI=1S/C16H28N2O2/c1-11(2)12-5-4-6-13(8-7-12)17-14-9-10-15(19)18(3)16(14)20/h11-14,17H,4-10H2,1-3H3. The third-order valence-corrected chi connectivity index (χ3v) is 5.04. The molecule has 4 nitrogen and oxygen atoms in total. The molecule has 0 spiro atoms. The van der Waals surface area contributed by atoms with E-state index in [1.165, 1.54) is 24.2 Å². The van der Waals surface area contributed by atoms with Gasteiger partial charge >= 0.3 is 0 Å². The summed E-state index contributed by atoms with van der Waals surface area (Å²) in [6.07, 6.45) is 7.27. The minimum Gasteiger partial charge on any atom is -0.303 e. The molecular formula is C16H28N2O2. The molecule has 2 aliphatic rings. The Bertz CT molecular complexity index is 367. The number of nitrogens with zero attached hydrogens (tertiary/aromatic N) is 1. The number of hydrogen-bond acceptors (Lipinski definition) is 3. The van der Waals surface area contributed by atoms with E-state index in [0.717, 1.165) is 24.7 Å². The summed E-state index contributed by atoms with van der Waals surface area (Å²) < 4.78 is 0. The van der Waals surface area contributed by atoms with Crippen molar-refractivity contribution in [2.45, 2.75) is 70.9 Å². The number of nitrogens with one attached hydrogen (secondary N) is 1. The van der Waals surface area contributed by atoms with Crippen LogP contribution in [0.25, 0.3) is 0 Å². The molecule has 1 aliphatic heterocycles. The van der Waals surface area contributed by atoms with Crippen molar-refractivity contribution in [1.82, 2.24) is 10.2 Å². The number of carbonyl (C=O) groups excluding carboxylic acids is 2. The summed E-state index contributed by atoms with van der Waals surface area (Å²) in [5, 5.41) is 3.51. The SMILES string of the molecule is CC(C)C1CCCC(NC2CCC(=O)N(C)C2=O)CC1. The molecule has 1 N–H and O–H groups in total. The highest BCUT2D eigenvalue weighted by atomic mass is 16.2. The zero-order chi connectivity index (χ0) is 14.7. The van der Waals surface area contributed by atoms with Crippen LogP contribution in [0.1, 0.15) is 58.8 Å². The highest BCUT2D eigenvalue weighted by molar-refractivity contribution is 6.00. The van der Waals surface area contributed by atoms with Gasteiger partial charge in [-0.2, -0.15) is 0 Å². The van der Waals surface area contributed by atoms with Crippen LogP contribution >= 0.6 is 0 Å². The van der Waals surface area contributed by atoms with Gasteiger partial charge in [-0.3, -0.25) is 14.5 Å². The van der Waals surface area contributed by atoms with E-state index < -0.39 is 0 Å². The van der Waals surface area contributed by atoms with Gasteiger partial charge in [-0.25, -0.2) is 0 Å². The van der Waals surface area contributed by atoms with E-state index in [0.29, 0.717) is 18.9 Å². The number of piperidine rings is 1. The molecule has 0 aromatic heterocycles. The molecule has 20 heavy (non-hydrogen) atoms. The Kier molecular flexibility index (Phi) is 5.19. The lowest BCUT2D eigenvalue weighted by atomic mass is 9.89. The highest BCUT2D eigenvalue weighted by Gasteiger charge is 2.33. The fourth-order valence-electron chi connectivity index (χ4n) is 3.52. The molecule has 0 bridgehead atoms. The van der Waals surface area contributed by atoms with Crippen molar-refractivity contribution in [3.05, 3.63) is 0 Å². The van der Waals surface area contributed by atoms with Gasteiger partial charge in [-0.1, -0.05) is 26.7 Å². The molecule has 114 valence electrons. The number of likely N-dealkylation sites (tertiary alicyclic amines) is 1. The Hall–Kier alpha value is -0.900. The van der Waals surface area contributed by atoms with E-state index in [2.05, 4.69) is 19.2 Å². The summed E-state index contributed by atoms with van der Waals surface area (Å²) >= 11 is 0. The van der Waals surface area contributed by atoms with Crippen LogP contribution in [0, 0.1) is 11.8 Å². The summed E-state index contributed by atoms with van der Waals surface area (Å²) in [5.41, 5.74) is 0. The number of imide groups is 1. The van der Waals surface area contributed by atoms with Crippen molar-refractivity contribution >= 4 is 11.8 Å². The highest BCUT2D eigenvalue weighted by Crippen LogP contribution is 2.29. The molecule has 2 fully saturated rings. The summed E-state index contributed by atoms with van der Waals surface area (Å²) in [4.78, 5) is 24.9. The maximum Gasteiger partial charge on any atom is 0.246 e. The van der Waals surface area contributed by atoms with Crippen molar-refractivity contribution in [2.24, 2.45) is 11.8 Å².